The minimum absolute atomic E-state index is 0.0868. The molecule has 6 nitrogen and oxygen atoms in total. The molecule has 0 amide bonds. The molecule has 1 aromatic carbocycles. The average Bonchev–Trinajstić information content (AvgIpc) is 3.22. The number of fused-ring (bicyclic) bond motifs is 1. The van der Waals surface area contributed by atoms with E-state index in [0.717, 1.165) is 10.9 Å². The molecular weight excluding hydrogens is 331 g/mol. The lowest BCUT2D eigenvalue weighted by Gasteiger charge is -2.11. The van der Waals surface area contributed by atoms with Gasteiger partial charge in [-0.15, -0.1) is 0 Å². The normalized spacial score (nSPS) is 20.0. The molecule has 0 bridgehead atoms. The molecule has 2 aromatic heterocycles. The number of rotatable bonds is 3. The van der Waals surface area contributed by atoms with Gasteiger partial charge in [0.15, 0.2) is 21.5 Å². The van der Waals surface area contributed by atoms with Gasteiger partial charge in [-0.2, -0.15) is 5.10 Å². The van der Waals surface area contributed by atoms with Gasteiger partial charge in [0.2, 0.25) is 0 Å². The number of aromatic nitrogens is 4. The summed E-state index contributed by atoms with van der Waals surface area (Å²) in [7, 11) is -3.02. The molecule has 126 valence electrons. The van der Waals surface area contributed by atoms with Crippen LogP contribution in [0.3, 0.4) is 0 Å². The molecule has 0 saturated carbocycles. The quantitative estimate of drug-likeness (QED) is 0.788. The largest absolute Gasteiger partial charge is 0.360 e. The Kier molecular flexibility index (Phi) is 3.45. The van der Waals surface area contributed by atoms with Crippen LogP contribution in [0.25, 0.3) is 22.3 Å². The van der Waals surface area contributed by atoms with Gasteiger partial charge in [0.05, 0.1) is 17.5 Å². The van der Waals surface area contributed by atoms with Crippen molar-refractivity contribution >= 4 is 20.7 Å². The van der Waals surface area contributed by atoms with Crippen molar-refractivity contribution in [2.45, 2.75) is 25.8 Å². The molecule has 1 N–H and O–H groups in total. The van der Waals surface area contributed by atoms with Crippen LogP contribution in [0.15, 0.2) is 24.4 Å². The molecule has 4 rings (SSSR count). The summed E-state index contributed by atoms with van der Waals surface area (Å²) in [6.45, 7) is 1.96. The Balaban J connectivity index is 1.86. The van der Waals surface area contributed by atoms with Crippen LogP contribution in [0.5, 0.6) is 0 Å². The number of nitrogens with zero attached hydrogens (tertiary/aromatic N) is 3. The van der Waals surface area contributed by atoms with Crippen molar-refractivity contribution < 1.29 is 12.8 Å². The fourth-order valence-corrected chi connectivity index (χ4v) is 4.90. The SMILES string of the molecule is CCc1nc(-c2c[nH]c3cc(F)ccc23)n(C2CCS(=O)(=O)C2)n1. The second-order valence-corrected chi connectivity index (χ2v) is 8.33. The van der Waals surface area contributed by atoms with Crippen LogP contribution in [0, 0.1) is 5.82 Å². The molecule has 3 heterocycles. The zero-order valence-electron chi connectivity index (χ0n) is 13.2. The minimum Gasteiger partial charge on any atom is -0.360 e. The zero-order chi connectivity index (χ0) is 16.9. The fraction of sp³-hybridized carbons (Fsp3) is 0.375. The monoisotopic (exact) mass is 348 g/mol. The van der Waals surface area contributed by atoms with E-state index in [-0.39, 0.29) is 23.4 Å². The van der Waals surface area contributed by atoms with Crippen LogP contribution in [0.1, 0.15) is 25.2 Å². The molecule has 1 saturated heterocycles. The van der Waals surface area contributed by atoms with Crippen molar-refractivity contribution in [1.82, 2.24) is 19.7 Å². The number of halogens is 1. The van der Waals surface area contributed by atoms with Gasteiger partial charge in [-0.05, 0) is 24.6 Å². The molecule has 1 aliphatic heterocycles. The Morgan fingerprint density at radius 3 is 2.96 bits per heavy atom. The molecule has 1 unspecified atom stereocenters. The summed E-state index contributed by atoms with van der Waals surface area (Å²) in [5.41, 5.74) is 1.48. The van der Waals surface area contributed by atoms with Gasteiger partial charge in [-0.25, -0.2) is 22.5 Å². The van der Waals surface area contributed by atoms with E-state index in [9.17, 15) is 12.8 Å². The maximum Gasteiger partial charge on any atom is 0.160 e. The van der Waals surface area contributed by atoms with E-state index in [1.165, 1.54) is 12.1 Å². The van der Waals surface area contributed by atoms with Gasteiger partial charge in [0.1, 0.15) is 5.82 Å². The van der Waals surface area contributed by atoms with Crippen molar-refractivity contribution in [3.63, 3.8) is 0 Å². The molecule has 1 fully saturated rings. The highest BCUT2D eigenvalue weighted by atomic mass is 32.2. The molecule has 1 atom stereocenters. The molecule has 1 aliphatic rings. The number of aryl methyl sites for hydroxylation is 1. The number of hydrogen-bond donors (Lipinski definition) is 1. The van der Waals surface area contributed by atoms with E-state index in [1.54, 1.807) is 16.9 Å². The van der Waals surface area contributed by atoms with Crippen LogP contribution < -0.4 is 0 Å². The standard InChI is InChI=1S/C16H17FN4O2S/c1-2-15-19-16(21(20-15)11-5-6-24(22,23)9-11)13-8-18-14-7-10(17)3-4-12(13)14/h3-4,7-8,11,18H,2,5-6,9H2,1H3. The van der Waals surface area contributed by atoms with Crippen LogP contribution in [0.4, 0.5) is 4.39 Å². The van der Waals surface area contributed by atoms with Crippen molar-refractivity contribution in [3.05, 3.63) is 36.0 Å². The zero-order valence-corrected chi connectivity index (χ0v) is 14.0. The van der Waals surface area contributed by atoms with Gasteiger partial charge in [-0.1, -0.05) is 6.92 Å². The third-order valence-electron chi connectivity index (χ3n) is 4.43. The van der Waals surface area contributed by atoms with Crippen molar-refractivity contribution in [3.8, 4) is 11.4 Å². The van der Waals surface area contributed by atoms with Crippen LogP contribution in [-0.2, 0) is 16.3 Å². The molecular formula is C16H17FN4O2S. The Morgan fingerprint density at radius 2 is 2.25 bits per heavy atom. The summed E-state index contributed by atoms with van der Waals surface area (Å²) >= 11 is 0. The molecule has 8 heteroatoms. The number of hydrogen-bond acceptors (Lipinski definition) is 4. The molecule has 24 heavy (non-hydrogen) atoms. The third kappa shape index (κ3) is 2.50. The van der Waals surface area contributed by atoms with E-state index in [2.05, 4.69) is 15.1 Å². The number of H-pyrrole nitrogens is 1. The summed E-state index contributed by atoms with van der Waals surface area (Å²) in [6.07, 6.45) is 2.97. The lowest BCUT2D eigenvalue weighted by atomic mass is 10.1. The Bertz CT molecular complexity index is 1020. The van der Waals surface area contributed by atoms with E-state index >= 15 is 0 Å². The van der Waals surface area contributed by atoms with Gasteiger partial charge in [0.25, 0.3) is 0 Å². The summed E-state index contributed by atoms with van der Waals surface area (Å²) < 4.78 is 38.8. The topological polar surface area (TPSA) is 80.6 Å². The van der Waals surface area contributed by atoms with Gasteiger partial charge in [0, 0.05) is 29.1 Å². The summed E-state index contributed by atoms with van der Waals surface area (Å²) in [4.78, 5) is 7.63. The first kappa shape index (κ1) is 15.3. The van der Waals surface area contributed by atoms with Crippen LogP contribution in [0.2, 0.25) is 0 Å². The number of sulfone groups is 1. The average molecular weight is 348 g/mol. The van der Waals surface area contributed by atoms with Crippen molar-refractivity contribution in [2.24, 2.45) is 0 Å². The van der Waals surface area contributed by atoms with Gasteiger partial charge < -0.3 is 4.98 Å². The van der Waals surface area contributed by atoms with Crippen LogP contribution in [-0.4, -0.2) is 39.7 Å². The molecule has 0 aliphatic carbocycles. The number of aromatic amines is 1. The van der Waals surface area contributed by atoms with Crippen molar-refractivity contribution in [2.75, 3.05) is 11.5 Å². The molecule has 3 aromatic rings. The predicted molar refractivity (Wildman–Crippen MR) is 89.0 cm³/mol. The van der Waals surface area contributed by atoms with Gasteiger partial charge in [-0.3, -0.25) is 0 Å². The number of benzene rings is 1. The highest BCUT2D eigenvalue weighted by Crippen LogP contribution is 2.32. The van der Waals surface area contributed by atoms with E-state index in [4.69, 9.17) is 0 Å². The lowest BCUT2D eigenvalue weighted by Crippen LogP contribution is -2.14. The summed E-state index contributed by atoms with van der Waals surface area (Å²) in [6, 6.07) is 4.33. The Hall–Kier alpha value is -2.22. The van der Waals surface area contributed by atoms with Gasteiger partial charge >= 0.3 is 0 Å². The first-order valence-corrected chi connectivity index (χ1v) is 9.72. The maximum absolute atomic E-state index is 13.4. The number of nitrogens with one attached hydrogen (secondary N) is 1. The summed E-state index contributed by atoms with van der Waals surface area (Å²) in [5, 5.41) is 5.35. The Morgan fingerprint density at radius 1 is 1.42 bits per heavy atom. The maximum atomic E-state index is 13.4. The van der Waals surface area contributed by atoms with Crippen LogP contribution >= 0.6 is 0 Å². The second-order valence-electron chi connectivity index (χ2n) is 6.10. The molecule has 0 spiro atoms. The van der Waals surface area contributed by atoms with E-state index < -0.39 is 9.84 Å². The highest BCUT2D eigenvalue weighted by molar-refractivity contribution is 7.91. The van der Waals surface area contributed by atoms with Crippen molar-refractivity contribution in [1.29, 1.82) is 0 Å². The van der Waals surface area contributed by atoms with E-state index in [0.29, 0.717) is 30.0 Å². The first-order valence-electron chi connectivity index (χ1n) is 7.89. The predicted octanol–water partition coefficient (Wildman–Crippen LogP) is 2.49. The minimum atomic E-state index is -3.02. The summed E-state index contributed by atoms with van der Waals surface area (Å²) in [5.74, 6) is 1.26. The smallest absolute Gasteiger partial charge is 0.160 e. The first-order chi connectivity index (χ1) is 11.5. The fourth-order valence-electron chi connectivity index (χ4n) is 3.21. The lowest BCUT2D eigenvalue weighted by molar-refractivity contribution is 0.500. The third-order valence-corrected chi connectivity index (χ3v) is 6.18. The second kappa shape index (κ2) is 5.41. The Labute approximate surface area is 138 Å². The molecule has 0 radical (unpaired) electrons. The highest BCUT2D eigenvalue weighted by Gasteiger charge is 2.32. The van der Waals surface area contributed by atoms with E-state index in [1.807, 2.05) is 6.92 Å².